The fraction of sp³-hybridized carbons (Fsp3) is 0.554. The Bertz CT molecular complexity index is 4100. The van der Waals surface area contributed by atoms with Crippen LogP contribution in [0.3, 0.4) is 0 Å². The molecule has 17 amide bonds. The van der Waals surface area contributed by atoms with Crippen molar-refractivity contribution in [3.05, 3.63) is 81.9 Å². The number of aliphatic hydroxyl groups excluding tert-OH is 2. The van der Waals surface area contributed by atoms with Gasteiger partial charge in [-0.3, -0.25) is 86.3 Å². The number of amides is 17. The molecule has 3 aromatic rings. The Labute approximate surface area is 682 Å². The number of imidazole rings is 1. The lowest BCUT2D eigenvalue weighted by Gasteiger charge is -2.33. The van der Waals surface area contributed by atoms with Crippen molar-refractivity contribution in [3.63, 3.8) is 0 Å². The summed E-state index contributed by atoms with van der Waals surface area (Å²) < 4.78 is 0. The maximum atomic E-state index is 14.8. The Balaban J connectivity index is 1.28. The number of phenolic OH excluding ortho intramolecular Hbond substituents is 1. The molecule has 2 aliphatic heterocycles. The Kier molecular flexibility index (Phi) is 37.4. The molecule has 16 atom stereocenters. The van der Waals surface area contributed by atoms with Crippen LogP contribution in [0.25, 0.3) is 0 Å². The van der Waals surface area contributed by atoms with Crippen LogP contribution < -0.4 is 81.0 Å². The molecule has 41 nitrogen and oxygen atoms in total. The lowest BCUT2D eigenvalue weighted by molar-refractivity contribution is -0.149. The monoisotopic (exact) mass is 1680 g/mol. The number of phenols is 1. The summed E-state index contributed by atoms with van der Waals surface area (Å²) in [4.78, 5) is 253. The third-order valence-electron chi connectivity index (χ3n) is 19.3. The highest BCUT2D eigenvalue weighted by Crippen LogP contribution is 2.28. The fourth-order valence-electron chi connectivity index (χ4n) is 12.8. The number of aromatic nitrogens is 2. The number of H-pyrrole nitrogens is 1. The number of carbonyl (C=O) groups excluding carboxylic acids is 17. The Morgan fingerprint density at radius 1 is 0.538 bits per heavy atom. The summed E-state index contributed by atoms with van der Waals surface area (Å²) in [7, 11) is 0. The third kappa shape index (κ3) is 29.9. The molecule has 2 saturated heterocycles. The van der Waals surface area contributed by atoms with Crippen molar-refractivity contribution >= 4 is 130 Å². The van der Waals surface area contributed by atoms with Crippen LogP contribution in [0.1, 0.15) is 136 Å². The maximum absolute atomic E-state index is 14.8. The van der Waals surface area contributed by atoms with Gasteiger partial charge in [-0.05, 0) is 107 Å². The number of aliphatic carboxylic acids is 1. The van der Waals surface area contributed by atoms with Gasteiger partial charge in [0.2, 0.25) is 100 Å². The maximum Gasteiger partial charge on any atom is 0.305 e. The number of nitrogens with two attached hydrogens (primary N) is 3. The number of hydrogen-bond acceptors (Lipinski definition) is 22. The smallest absolute Gasteiger partial charge is 0.305 e. The van der Waals surface area contributed by atoms with E-state index in [1.165, 1.54) is 73.7 Å². The van der Waals surface area contributed by atoms with Gasteiger partial charge >= 0.3 is 5.97 Å². The second kappa shape index (κ2) is 45.6. The van der Waals surface area contributed by atoms with E-state index in [1.807, 2.05) is 0 Å². The number of primary amides is 3. The molecule has 2 fully saturated rings. The van der Waals surface area contributed by atoms with Crippen LogP contribution in [-0.4, -0.2) is 257 Å². The van der Waals surface area contributed by atoms with E-state index >= 15 is 0 Å². The summed E-state index contributed by atoms with van der Waals surface area (Å²) in [6.45, 7) is 10.0. The first-order valence-corrected chi connectivity index (χ1v) is 38.6. The average molecular weight is 1680 g/mol. The molecule has 0 radical (unpaired) electrons. The van der Waals surface area contributed by atoms with Crippen molar-refractivity contribution in [2.45, 2.75) is 230 Å². The summed E-state index contributed by atoms with van der Waals surface area (Å²) in [6.07, 6.45) is -1.70. The first-order chi connectivity index (χ1) is 55.0. The fourth-order valence-corrected chi connectivity index (χ4v) is 13.1. The Morgan fingerprint density at radius 3 is 1.57 bits per heavy atom. The number of hydrogen-bond donors (Lipinski definition) is 20. The van der Waals surface area contributed by atoms with Gasteiger partial charge in [-0.15, -0.1) is 0 Å². The SMILES string of the molecule is CC[C@H](C)[C@H](NC(=O)[C@H](C)NC(=O)[C@@H](NC(=O)[C@H](CO)NC(=O)[C@H](Cc1cnc[nH]1)NC(=O)[C@H](CC(C)C)NC(=O)[C@@H]1CCCN1C(=O)[C@@H]1CCCN1C(=O)[C@H](CC(=O)O)NC(=O)[C@H](Cc1ccc(Cl)c(Cl)c1)NC(=O)[C@H](CCC(N)=O)NC(C)=O)[C@@H](C)O)C(=O)N[C@@H](Cc1ccc(O)cc1)C(=O)N[C@@H](C)C(=O)N[C@@H](CC(N)=O)C(N)=O. The number of aromatic hydroxyl groups is 1. The highest BCUT2D eigenvalue weighted by atomic mass is 35.5. The minimum Gasteiger partial charge on any atom is -0.508 e. The quantitative estimate of drug-likeness (QED) is 0.0252. The van der Waals surface area contributed by atoms with E-state index in [9.17, 15) is 107 Å². The summed E-state index contributed by atoms with van der Waals surface area (Å²) in [5.41, 5.74) is 16.8. The first-order valence-electron chi connectivity index (χ1n) is 37.8. The number of carboxylic acids is 1. The van der Waals surface area contributed by atoms with E-state index in [0.717, 1.165) is 18.7 Å². The van der Waals surface area contributed by atoms with Crippen LogP contribution >= 0.6 is 23.2 Å². The topological polar surface area (TPSA) is 646 Å². The van der Waals surface area contributed by atoms with Crippen molar-refractivity contribution in [3.8, 4) is 5.75 Å². The van der Waals surface area contributed by atoms with Crippen molar-refractivity contribution in [1.82, 2.24) is 83.6 Å². The van der Waals surface area contributed by atoms with Crippen LogP contribution in [0.2, 0.25) is 10.0 Å². The van der Waals surface area contributed by atoms with E-state index < -0.39 is 222 Å². The van der Waals surface area contributed by atoms with Gasteiger partial charge in [-0.2, -0.15) is 0 Å². The molecule has 642 valence electrons. The number of likely N-dealkylation sites (tertiary alicyclic amines) is 2. The molecule has 0 spiro atoms. The largest absolute Gasteiger partial charge is 0.508 e. The number of benzene rings is 2. The van der Waals surface area contributed by atoms with Crippen molar-refractivity contribution in [2.24, 2.45) is 29.0 Å². The van der Waals surface area contributed by atoms with Crippen molar-refractivity contribution in [1.29, 1.82) is 0 Å². The van der Waals surface area contributed by atoms with Gasteiger partial charge < -0.3 is 116 Å². The van der Waals surface area contributed by atoms with Gasteiger partial charge in [0.05, 0.1) is 41.9 Å². The second-order valence-electron chi connectivity index (χ2n) is 29.2. The van der Waals surface area contributed by atoms with E-state index in [1.54, 1.807) is 27.7 Å². The highest BCUT2D eigenvalue weighted by Gasteiger charge is 2.46. The number of carbonyl (C=O) groups is 18. The normalized spacial score (nSPS) is 17.4. The zero-order valence-electron chi connectivity index (χ0n) is 65.8. The number of rotatable bonds is 45. The minimum absolute atomic E-state index is 0.0216. The molecule has 0 bridgehead atoms. The first kappa shape index (κ1) is 96.0. The van der Waals surface area contributed by atoms with E-state index in [2.05, 4.69) is 73.8 Å². The molecule has 3 heterocycles. The van der Waals surface area contributed by atoms with Gasteiger partial charge in [0.1, 0.15) is 90.3 Å². The predicted octanol–water partition coefficient (Wildman–Crippen LogP) is -5.12. The van der Waals surface area contributed by atoms with Crippen LogP contribution in [0.5, 0.6) is 5.75 Å². The lowest BCUT2D eigenvalue weighted by atomic mass is 9.96. The highest BCUT2D eigenvalue weighted by molar-refractivity contribution is 6.42. The Morgan fingerprint density at radius 2 is 1.03 bits per heavy atom. The molecule has 2 aliphatic rings. The van der Waals surface area contributed by atoms with E-state index in [-0.39, 0.29) is 111 Å². The minimum atomic E-state index is -1.92. The average Bonchev–Trinajstić information content (AvgIpc) is 1.66. The lowest BCUT2D eigenvalue weighted by Crippen LogP contribution is -2.62. The molecular formula is C74H105Cl2N19O22. The van der Waals surface area contributed by atoms with Crippen LogP contribution in [0, 0.1) is 11.8 Å². The molecule has 117 heavy (non-hydrogen) atoms. The number of halogens is 2. The zero-order valence-corrected chi connectivity index (χ0v) is 67.3. The van der Waals surface area contributed by atoms with Crippen LogP contribution in [0.15, 0.2) is 55.0 Å². The van der Waals surface area contributed by atoms with Gasteiger partial charge in [-0.1, -0.05) is 75.5 Å². The molecule has 23 N–H and O–H groups in total. The number of carboxylic acid groups (broad SMARTS) is 1. The van der Waals surface area contributed by atoms with E-state index in [0.29, 0.717) is 11.1 Å². The molecule has 0 saturated carbocycles. The summed E-state index contributed by atoms with van der Waals surface area (Å²) in [5, 5.41) is 71.0. The molecule has 0 unspecified atom stereocenters. The third-order valence-corrected chi connectivity index (χ3v) is 20.0. The standard InChI is InChI=1S/C74H105Cl2N19O22/c1-9-35(4)59(71(114)89-49(26-40-14-17-43(99)18-15-40)65(108)82-36(5)62(105)85-47(61(79)104)29-57(78)101)92-63(106)37(6)83-72(115)60(38(7)97)93-69(112)53(32-96)91-68(111)51(28-42-31-80-33-81-42)87-66(109)48(24-34(2)3)88-70(113)54-12-10-22-94(54)74(117)55-13-11-23-95(55)73(116)52(30-58(102)103)90-67(110)50(27-41-16-19-44(75)45(76)25-41)86-64(107)46(84-39(8)98)20-21-56(77)100/h14-19,25,31,33-38,46-55,59-60,96-97,99H,9-13,20-24,26-30,32H2,1-8H3,(H2,77,100)(H2,78,101)(H2,79,104)(H,80,81)(H,82,108)(H,83,115)(H,84,98)(H,85,105)(H,86,107)(H,87,109)(H,88,113)(H,89,114)(H,90,110)(H,91,111)(H,92,106)(H,93,112)(H,102,103)/t35-,36-,37-,38+,46-,47-,48-,49-,50-,51-,52-,53-,54-,55-,59-,60-/m0/s1. The van der Waals surface area contributed by atoms with Crippen molar-refractivity contribution < 1.29 is 107 Å². The van der Waals surface area contributed by atoms with Gasteiger partial charge in [-0.25, -0.2) is 4.98 Å². The number of nitrogens with zero attached hydrogens (tertiary/aromatic N) is 3. The van der Waals surface area contributed by atoms with Gasteiger partial charge in [0, 0.05) is 57.6 Å². The molecule has 1 aromatic heterocycles. The van der Waals surface area contributed by atoms with Gasteiger partial charge in [0.15, 0.2) is 0 Å². The second-order valence-corrected chi connectivity index (χ2v) is 30.0. The van der Waals surface area contributed by atoms with Crippen LogP contribution in [-0.2, 0) is 106 Å². The molecule has 5 rings (SSSR count). The Hall–Kier alpha value is -11.6. The molecule has 0 aliphatic carbocycles. The van der Waals surface area contributed by atoms with E-state index in [4.69, 9.17) is 40.4 Å². The summed E-state index contributed by atoms with van der Waals surface area (Å²) >= 11 is 12.4. The summed E-state index contributed by atoms with van der Waals surface area (Å²) in [6, 6.07) is -11.9. The van der Waals surface area contributed by atoms with Crippen molar-refractivity contribution in [2.75, 3.05) is 19.7 Å². The van der Waals surface area contributed by atoms with Gasteiger partial charge in [0.25, 0.3) is 0 Å². The number of nitrogens with one attached hydrogen (secondary N) is 13. The number of aliphatic hydroxyl groups is 2. The predicted molar refractivity (Wildman–Crippen MR) is 415 cm³/mol. The summed E-state index contributed by atoms with van der Waals surface area (Å²) in [5.74, 6) is -19.2. The molecule has 43 heteroatoms. The number of aromatic amines is 1. The molecular weight excluding hydrogens is 1580 g/mol. The van der Waals surface area contributed by atoms with Crippen LogP contribution in [0.4, 0.5) is 0 Å². The zero-order chi connectivity index (χ0) is 87.4. The molecule has 2 aromatic carbocycles.